The van der Waals surface area contributed by atoms with Crippen molar-refractivity contribution in [2.45, 2.75) is 44.2 Å². The summed E-state index contributed by atoms with van der Waals surface area (Å²) >= 11 is 0. The summed E-state index contributed by atoms with van der Waals surface area (Å²) in [5.74, 6) is 0.934. The van der Waals surface area contributed by atoms with Gasteiger partial charge in [-0.15, -0.1) is 0 Å². The quantitative estimate of drug-likeness (QED) is 0.757. The van der Waals surface area contributed by atoms with Crippen molar-refractivity contribution in [2.24, 2.45) is 0 Å². The summed E-state index contributed by atoms with van der Waals surface area (Å²) < 4.78 is 5.85. The number of ether oxygens (including phenoxy) is 1. The monoisotopic (exact) mass is 304 g/mol. The zero-order valence-corrected chi connectivity index (χ0v) is 12.8. The fourth-order valence-electron chi connectivity index (χ4n) is 2.90. The number of urea groups is 1. The first kappa shape index (κ1) is 15.2. The first-order valence-electron chi connectivity index (χ1n) is 8.18. The third-order valence-electron chi connectivity index (χ3n) is 4.25. The molecule has 0 aromatic heterocycles. The topological polar surface area (TPSA) is 61.8 Å². The van der Waals surface area contributed by atoms with Gasteiger partial charge in [0.05, 0.1) is 6.54 Å². The number of hydrogen-bond acceptors (Lipinski definition) is 3. The molecule has 120 valence electrons. The van der Waals surface area contributed by atoms with Gasteiger partial charge < -0.3 is 20.1 Å². The molecular weight excluding hydrogens is 280 g/mol. The standard InChI is InChI=1S/C17H24N2O3/c20-10-4-3-9-19(14-7-8-14)17(21)18-12-15-11-13-5-1-2-6-16(13)22-15/h1-2,5-6,14-15,20H,3-4,7-12H2,(H,18,21). The molecule has 0 saturated heterocycles. The van der Waals surface area contributed by atoms with Crippen LogP contribution < -0.4 is 10.1 Å². The van der Waals surface area contributed by atoms with Gasteiger partial charge in [0.15, 0.2) is 0 Å². The lowest BCUT2D eigenvalue weighted by molar-refractivity contribution is 0.179. The Morgan fingerprint density at radius 2 is 2.14 bits per heavy atom. The van der Waals surface area contributed by atoms with E-state index in [0.717, 1.165) is 44.4 Å². The van der Waals surface area contributed by atoms with E-state index >= 15 is 0 Å². The van der Waals surface area contributed by atoms with Crippen LogP contribution in [0.25, 0.3) is 0 Å². The average Bonchev–Trinajstić information content (AvgIpc) is 3.27. The molecule has 1 saturated carbocycles. The van der Waals surface area contributed by atoms with E-state index in [0.29, 0.717) is 12.6 Å². The number of rotatable bonds is 7. The molecule has 5 heteroatoms. The molecule has 1 aliphatic heterocycles. The van der Waals surface area contributed by atoms with Crippen LogP contribution in [-0.4, -0.2) is 47.9 Å². The van der Waals surface area contributed by atoms with E-state index in [9.17, 15) is 4.79 Å². The minimum Gasteiger partial charge on any atom is -0.488 e. The number of para-hydroxylation sites is 1. The second kappa shape index (κ2) is 7.01. The van der Waals surface area contributed by atoms with Gasteiger partial charge in [-0.3, -0.25) is 0 Å². The molecule has 0 bridgehead atoms. The molecule has 2 amide bonds. The number of carbonyl (C=O) groups excluding carboxylic acids is 1. The Bertz CT molecular complexity index is 491. The average molecular weight is 304 g/mol. The summed E-state index contributed by atoms with van der Waals surface area (Å²) in [5.41, 5.74) is 1.21. The van der Waals surface area contributed by atoms with E-state index in [1.165, 1.54) is 5.56 Å². The van der Waals surface area contributed by atoms with E-state index < -0.39 is 0 Å². The predicted molar refractivity (Wildman–Crippen MR) is 84.0 cm³/mol. The van der Waals surface area contributed by atoms with Gasteiger partial charge in [-0.2, -0.15) is 0 Å². The Labute approximate surface area is 131 Å². The lowest BCUT2D eigenvalue weighted by atomic mass is 10.1. The van der Waals surface area contributed by atoms with Crippen LogP contribution in [-0.2, 0) is 6.42 Å². The van der Waals surface area contributed by atoms with Crippen LogP contribution >= 0.6 is 0 Å². The Balaban J connectivity index is 1.45. The molecule has 1 heterocycles. The van der Waals surface area contributed by atoms with Gasteiger partial charge in [0.25, 0.3) is 0 Å². The number of aliphatic hydroxyl groups excluding tert-OH is 1. The van der Waals surface area contributed by atoms with Crippen LogP contribution in [0.2, 0.25) is 0 Å². The van der Waals surface area contributed by atoms with Gasteiger partial charge in [0, 0.05) is 25.6 Å². The molecule has 2 aliphatic rings. The molecule has 0 spiro atoms. The molecule has 1 aromatic carbocycles. The summed E-state index contributed by atoms with van der Waals surface area (Å²) in [5, 5.41) is 11.9. The Kier molecular flexibility index (Phi) is 4.83. The smallest absolute Gasteiger partial charge is 0.317 e. The van der Waals surface area contributed by atoms with Gasteiger partial charge in [0.2, 0.25) is 0 Å². The maximum absolute atomic E-state index is 12.3. The van der Waals surface area contributed by atoms with Crippen molar-refractivity contribution >= 4 is 6.03 Å². The molecule has 1 aromatic rings. The number of carbonyl (C=O) groups is 1. The lowest BCUT2D eigenvalue weighted by Gasteiger charge is -2.23. The van der Waals surface area contributed by atoms with Crippen molar-refractivity contribution in [1.82, 2.24) is 10.2 Å². The number of nitrogens with zero attached hydrogens (tertiary/aromatic N) is 1. The molecule has 1 unspecified atom stereocenters. The second-order valence-corrected chi connectivity index (χ2v) is 6.09. The van der Waals surface area contributed by atoms with Crippen molar-refractivity contribution in [1.29, 1.82) is 0 Å². The Morgan fingerprint density at radius 1 is 1.32 bits per heavy atom. The van der Waals surface area contributed by atoms with Gasteiger partial charge >= 0.3 is 6.03 Å². The summed E-state index contributed by atoms with van der Waals surface area (Å²) in [6.45, 7) is 1.45. The largest absolute Gasteiger partial charge is 0.488 e. The van der Waals surface area contributed by atoms with Gasteiger partial charge in [-0.1, -0.05) is 18.2 Å². The van der Waals surface area contributed by atoms with Crippen LogP contribution in [0, 0.1) is 0 Å². The third-order valence-corrected chi connectivity index (χ3v) is 4.25. The summed E-state index contributed by atoms with van der Waals surface area (Å²) in [6, 6.07) is 8.42. The maximum atomic E-state index is 12.3. The van der Waals surface area contributed by atoms with Gasteiger partial charge in [-0.05, 0) is 37.3 Å². The molecule has 1 atom stereocenters. The van der Waals surface area contributed by atoms with Crippen molar-refractivity contribution in [3.63, 3.8) is 0 Å². The summed E-state index contributed by atoms with van der Waals surface area (Å²) in [4.78, 5) is 14.3. The van der Waals surface area contributed by atoms with E-state index in [4.69, 9.17) is 9.84 Å². The van der Waals surface area contributed by atoms with Crippen molar-refractivity contribution in [3.05, 3.63) is 29.8 Å². The predicted octanol–water partition coefficient (Wildman–Crippen LogP) is 1.94. The molecule has 1 fully saturated rings. The van der Waals surface area contributed by atoms with Gasteiger partial charge in [0.1, 0.15) is 11.9 Å². The molecule has 22 heavy (non-hydrogen) atoms. The SMILES string of the molecule is O=C(NCC1Cc2ccccc2O1)N(CCCCO)C1CC1. The highest BCUT2D eigenvalue weighted by Gasteiger charge is 2.32. The van der Waals surface area contributed by atoms with Crippen LogP contribution in [0.5, 0.6) is 5.75 Å². The fourth-order valence-corrected chi connectivity index (χ4v) is 2.90. The van der Waals surface area contributed by atoms with E-state index in [-0.39, 0.29) is 18.7 Å². The molecule has 2 N–H and O–H groups in total. The van der Waals surface area contributed by atoms with Gasteiger partial charge in [-0.25, -0.2) is 4.79 Å². The van der Waals surface area contributed by atoms with Crippen molar-refractivity contribution in [3.8, 4) is 5.75 Å². The molecule has 5 nitrogen and oxygen atoms in total. The number of nitrogens with one attached hydrogen (secondary N) is 1. The third kappa shape index (κ3) is 3.71. The van der Waals surface area contributed by atoms with E-state index in [1.54, 1.807) is 0 Å². The minimum absolute atomic E-state index is 0.00000378. The molecule has 1 aliphatic carbocycles. The van der Waals surface area contributed by atoms with Crippen LogP contribution in [0.4, 0.5) is 4.79 Å². The highest BCUT2D eigenvalue weighted by Crippen LogP contribution is 2.29. The zero-order valence-electron chi connectivity index (χ0n) is 12.8. The normalized spacial score (nSPS) is 19.4. The fraction of sp³-hybridized carbons (Fsp3) is 0.588. The first-order chi connectivity index (χ1) is 10.8. The van der Waals surface area contributed by atoms with Crippen LogP contribution in [0.15, 0.2) is 24.3 Å². The van der Waals surface area contributed by atoms with E-state index in [2.05, 4.69) is 11.4 Å². The molecule has 0 radical (unpaired) electrons. The highest BCUT2D eigenvalue weighted by molar-refractivity contribution is 5.75. The number of amides is 2. The summed E-state index contributed by atoms with van der Waals surface area (Å²) in [6.07, 6.45) is 4.67. The minimum atomic E-state index is -0.00000378. The number of fused-ring (bicyclic) bond motifs is 1. The number of aliphatic hydroxyl groups is 1. The van der Waals surface area contributed by atoms with Crippen molar-refractivity contribution < 1.29 is 14.6 Å². The van der Waals surface area contributed by atoms with E-state index in [1.807, 2.05) is 23.1 Å². The van der Waals surface area contributed by atoms with Crippen LogP contribution in [0.3, 0.4) is 0 Å². The van der Waals surface area contributed by atoms with Crippen LogP contribution in [0.1, 0.15) is 31.2 Å². The highest BCUT2D eigenvalue weighted by atomic mass is 16.5. The Hall–Kier alpha value is -1.75. The lowest BCUT2D eigenvalue weighted by Crippen LogP contribution is -2.45. The molecule has 3 rings (SSSR count). The number of hydrogen-bond donors (Lipinski definition) is 2. The Morgan fingerprint density at radius 3 is 2.86 bits per heavy atom. The van der Waals surface area contributed by atoms with Crippen molar-refractivity contribution in [2.75, 3.05) is 19.7 Å². The maximum Gasteiger partial charge on any atom is 0.317 e. The molecular formula is C17H24N2O3. The number of unbranched alkanes of at least 4 members (excludes halogenated alkanes) is 1. The number of benzene rings is 1. The first-order valence-corrected chi connectivity index (χ1v) is 8.18. The summed E-state index contributed by atoms with van der Waals surface area (Å²) in [7, 11) is 0. The zero-order chi connectivity index (χ0) is 15.4. The second-order valence-electron chi connectivity index (χ2n) is 6.09.